The van der Waals surface area contributed by atoms with E-state index >= 15 is 0 Å². The molecule has 0 spiro atoms. The summed E-state index contributed by atoms with van der Waals surface area (Å²) in [6, 6.07) is 14.5. The van der Waals surface area contributed by atoms with E-state index in [0.717, 1.165) is 43.6 Å². The van der Waals surface area contributed by atoms with Crippen LogP contribution in [0.2, 0.25) is 0 Å². The number of nitrogens with zero attached hydrogens (tertiary/aromatic N) is 1. The highest BCUT2D eigenvalue weighted by atomic mass is 19.4. The van der Waals surface area contributed by atoms with Crippen LogP contribution in [-0.4, -0.2) is 30.4 Å². The lowest BCUT2D eigenvalue weighted by molar-refractivity contribution is -0.137. The average Bonchev–Trinajstić information content (AvgIpc) is 3.14. The van der Waals surface area contributed by atoms with E-state index in [4.69, 9.17) is 0 Å². The number of carbonyl (C=O) groups excluding carboxylic acids is 1. The summed E-state index contributed by atoms with van der Waals surface area (Å²) in [5.74, 6) is -0.276. The van der Waals surface area contributed by atoms with E-state index in [0.29, 0.717) is 12.1 Å². The molecule has 1 fully saturated rings. The lowest BCUT2D eigenvalue weighted by Gasteiger charge is -2.25. The molecule has 0 unspecified atom stereocenters. The fourth-order valence-corrected chi connectivity index (χ4v) is 3.43. The summed E-state index contributed by atoms with van der Waals surface area (Å²) in [4.78, 5) is 14.8. The molecule has 0 saturated carbocycles. The Morgan fingerprint density at radius 3 is 2.41 bits per heavy atom. The summed E-state index contributed by atoms with van der Waals surface area (Å²) < 4.78 is 38.6. The maximum atomic E-state index is 12.9. The molecule has 27 heavy (non-hydrogen) atoms. The Kier molecular flexibility index (Phi) is 6.16. The van der Waals surface area contributed by atoms with Crippen LogP contribution in [0.4, 0.5) is 13.2 Å². The average molecular weight is 376 g/mol. The Morgan fingerprint density at radius 1 is 1.04 bits per heavy atom. The Labute approximate surface area is 157 Å². The largest absolute Gasteiger partial charge is 0.416 e. The van der Waals surface area contributed by atoms with Gasteiger partial charge in [-0.2, -0.15) is 13.2 Å². The van der Waals surface area contributed by atoms with Gasteiger partial charge < -0.3 is 10.2 Å². The number of amides is 1. The number of alkyl halides is 3. The summed E-state index contributed by atoms with van der Waals surface area (Å²) in [7, 11) is 0. The van der Waals surface area contributed by atoms with Crippen molar-refractivity contribution in [3.63, 3.8) is 0 Å². The third-order valence-corrected chi connectivity index (χ3v) is 4.80. The second kappa shape index (κ2) is 8.57. The Hall–Kier alpha value is -2.34. The van der Waals surface area contributed by atoms with Crippen molar-refractivity contribution in [1.82, 2.24) is 10.2 Å². The summed E-state index contributed by atoms with van der Waals surface area (Å²) in [5.41, 5.74) is 0.626. The van der Waals surface area contributed by atoms with Crippen LogP contribution in [0.1, 0.15) is 35.6 Å². The first kappa shape index (κ1) is 19.4. The minimum absolute atomic E-state index is 0.0761. The molecule has 3 rings (SSSR count). The van der Waals surface area contributed by atoms with Gasteiger partial charge in [0.25, 0.3) is 0 Å². The minimum atomic E-state index is -4.41. The lowest BCUT2D eigenvalue weighted by atomic mass is 10.0. The standard InChI is InChI=1S/C21H23F3N2O/c22-21(23,24)18-10-6-7-16(13-18)14-20(27)25-19(15-26-11-4-5-12-26)17-8-2-1-3-9-17/h1-3,6-10,13,19H,4-5,11-12,14-15H2,(H,25,27)/t19-/m1/s1. The zero-order valence-electron chi connectivity index (χ0n) is 15.0. The van der Waals surface area contributed by atoms with Crippen LogP contribution < -0.4 is 5.32 Å². The molecule has 1 aliphatic heterocycles. The number of hydrogen-bond donors (Lipinski definition) is 1. The van der Waals surface area contributed by atoms with Gasteiger partial charge in [0.15, 0.2) is 0 Å². The highest BCUT2D eigenvalue weighted by molar-refractivity contribution is 5.79. The maximum absolute atomic E-state index is 12.9. The van der Waals surface area contributed by atoms with Crippen molar-refractivity contribution in [1.29, 1.82) is 0 Å². The van der Waals surface area contributed by atoms with E-state index in [-0.39, 0.29) is 18.4 Å². The van der Waals surface area contributed by atoms with Gasteiger partial charge in [-0.25, -0.2) is 0 Å². The smallest absolute Gasteiger partial charge is 0.348 e. The Balaban J connectivity index is 1.69. The molecule has 1 N–H and O–H groups in total. The van der Waals surface area contributed by atoms with E-state index < -0.39 is 11.7 Å². The predicted octanol–water partition coefficient (Wildman–Crippen LogP) is 4.20. The van der Waals surface area contributed by atoms with E-state index in [2.05, 4.69) is 10.2 Å². The lowest BCUT2D eigenvalue weighted by Crippen LogP contribution is -2.37. The molecule has 1 amide bonds. The molecule has 1 atom stereocenters. The van der Waals surface area contributed by atoms with Crippen LogP contribution in [0.3, 0.4) is 0 Å². The molecule has 0 radical (unpaired) electrons. The van der Waals surface area contributed by atoms with Crippen molar-refractivity contribution < 1.29 is 18.0 Å². The zero-order valence-corrected chi connectivity index (χ0v) is 15.0. The summed E-state index contributed by atoms with van der Waals surface area (Å²) in [6.45, 7) is 2.72. The van der Waals surface area contributed by atoms with E-state index in [1.54, 1.807) is 6.07 Å². The van der Waals surface area contributed by atoms with Crippen molar-refractivity contribution in [3.8, 4) is 0 Å². The van der Waals surface area contributed by atoms with Gasteiger partial charge in [0, 0.05) is 6.54 Å². The fourth-order valence-electron chi connectivity index (χ4n) is 3.43. The fraction of sp³-hybridized carbons (Fsp3) is 0.381. The molecule has 0 bridgehead atoms. The van der Waals surface area contributed by atoms with Crippen LogP contribution in [0.25, 0.3) is 0 Å². The van der Waals surface area contributed by atoms with Crippen molar-refractivity contribution in [3.05, 3.63) is 71.3 Å². The van der Waals surface area contributed by atoms with Crippen LogP contribution >= 0.6 is 0 Å². The molecule has 6 heteroatoms. The van der Waals surface area contributed by atoms with Crippen LogP contribution in [0.5, 0.6) is 0 Å². The molecule has 1 heterocycles. The van der Waals surface area contributed by atoms with Gasteiger partial charge in [0.1, 0.15) is 0 Å². The number of halogens is 3. The summed E-state index contributed by atoms with van der Waals surface area (Å²) in [6.07, 6.45) is -2.18. The van der Waals surface area contributed by atoms with E-state index in [9.17, 15) is 18.0 Å². The van der Waals surface area contributed by atoms with E-state index in [1.807, 2.05) is 30.3 Å². The molecule has 1 aliphatic rings. The van der Waals surface area contributed by atoms with Gasteiger partial charge in [-0.05, 0) is 43.1 Å². The van der Waals surface area contributed by atoms with Crippen molar-refractivity contribution in [2.24, 2.45) is 0 Å². The normalized spacial score (nSPS) is 16.3. The Bertz CT molecular complexity index is 756. The van der Waals surface area contributed by atoms with Gasteiger partial charge in [-0.1, -0.05) is 48.5 Å². The molecular formula is C21H23F3N2O. The number of carbonyl (C=O) groups is 1. The first-order valence-electron chi connectivity index (χ1n) is 9.14. The Morgan fingerprint density at radius 2 is 1.74 bits per heavy atom. The van der Waals surface area contributed by atoms with E-state index in [1.165, 1.54) is 6.07 Å². The zero-order chi connectivity index (χ0) is 19.3. The highest BCUT2D eigenvalue weighted by Crippen LogP contribution is 2.29. The van der Waals surface area contributed by atoms with Gasteiger partial charge in [0.2, 0.25) is 5.91 Å². The van der Waals surface area contributed by atoms with Crippen LogP contribution in [-0.2, 0) is 17.4 Å². The first-order chi connectivity index (χ1) is 12.9. The van der Waals surface area contributed by atoms with Gasteiger partial charge >= 0.3 is 6.18 Å². The first-order valence-corrected chi connectivity index (χ1v) is 9.14. The molecule has 3 nitrogen and oxygen atoms in total. The van der Waals surface area contributed by atoms with Crippen LogP contribution in [0, 0.1) is 0 Å². The second-order valence-electron chi connectivity index (χ2n) is 6.91. The monoisotopic (exact) mass is 376 g/mol. The quantitative estimate of drug-likeness (QED) is 0.820. The maximum Gasteiger partial charge on any atom is 0.416 e. The number of hydrogen-bond acceptors (Lipinski definition) is 2. The third-order valence-electron chi connectivity index (χ3n) is 4.80. The number of nitrogens with one attached hydrogen (secondary N) is 1. The topological polar surface area (TPSA) is 32.3 Å². The van der Waals surface area contributed by atoms with Crippen molar-refractivity contribution in [2.75, 3.05) is 19.6 Å². The van der Waals surface area contributed by atoms with Crippen LogP contribution in [0.15, 0.2) is 54.6 Å². The summed E-state index contributed by atoms with van der Waals surface area (Å²) in [5, 5.41) is 3.01. The van der Waals surface area contributed by atoms with Crippen molar-refractivity contribution in [2.45, 2.75) is 31.5 Å². The molecule has 0 aliphatic carbocycles. The minimum Gasteiger partial charge on any atom is -0.348 e. The van der Waals surface area contributed by atoms with Gasteiger partial charge in [0.05, 0.1) is 18.0 Å². The van der Waals surface area contributed by atoms with Crippen molar-refractivity contribution >= 4 is 5.91 Å². The molecule has 2 aromatic carbocycles. The predicted molar refractivity (Wildman–Crippen MR) is 98.1 cm³/mol. The molecule has 2 aromatic rings. The number of likely N-dealkylation sites (tertiary alicyclic amines) is 1. The molecule has 0 aromatic heterocycles. The number of benzene rings is 2. The second-order valence-corrected chi connectivity index (χ2v) is 6.91. The molecular weight excluding hydrogens is 353 g/mol. The number of rotatable bonds is 6. The third kappa shape index (κ3) is 5.57. The van der Waals surface area contributed by atoms with Gasteiger partial charge in [-0.15, -0.1) is 0 Å². The SMILES string of the molecule is O=C(Cc1cccc(C(F)(F)F)c1)N[C@H](CN1CCCC1)c1ccccc1. The molecule has 144 valence electrons. The molecule has 1 saturated heterocycles. The summed E-state index contributed by atoms with van der Waals surface area (Å²) >= 11 is 0. The highest BCUT2D eigenvalue weighted by Gasteiger charge is 2.30. The van der Waals surface area contributed by atoms with Gasteiger partial charge in [-0.3, -0.25) is 4.79 Å².